The second kappa shape index (κ2) is 7.38. The van der Waals surface area contributed by atoms with Crippen molar-refractivity contribution in [2.75, 3.05) is 5.32 Å². The number of hydrogen-bond acceptors (Lipinski definition) is 7. The van der Waals surface area contributed by atoms with Crippen LogP contribution in [0.2, 0.25) is 0 Å². The molecule has 1 saturated carbocycles. The zero-order chi connectivity index (χ0) is 21.7. The summed E-state index contributed by atoms with van der Waals surface area (Å²) in [5.41, 5.74) is 3.52. The molecule has 0 aromatic carbocycles. The lowest BCUT2D eigenvalue weighted by molar-refractivity contribution is 0.102. The molecule has 6 rings (SSSR count). The second-order valence-corrected chi connectivity index (χ2v) is 8.58. The van der Waals surface area contributed by atoms with Gasteiger partial charge < -0.3 is 4.42 Å². The van der Waals surface area contributed by atoms with Crippen molar-refractivity contribution in [3.05, 3.63) is 71.2 Å². The lowest BCUT2D eigenvalue weighted by Gasteiger charge is -2.08. The van der Waals surface area contributed by atoms with Gasteiger partial charge in [-0.2, -0.15) is 9.78 Å². The van der Waals surface area contributed by atoms with Crippen molar-refractivity contribution >= 4 is 33.4 Å². The third-order valence-corrected chi connectivity index (χ3v) is 6.20. The smallest absolute Gasteiger partial charge is 0.258 e. The number of pyridine rings is 2. The van der Waals surface area contributed by atoms with Crippen LogP contribution < -0.4 is 5.32 Å². The lowest BCUT2D eigenvalue weighted by atomic mass is 10.1. The fourth-order valence-electron chi connectivity index (χ4n) is 3.75. The summed E-state index contributed by atoms with van der Waals surface area (Å²) in [4.78, 5) is 27.2. The topological polar surface area (TPSA) is 98.7 Å². The van der Waals surface area contributed by atoms with Crippen molar-refractivity contribution in [2.24, 2.45) is 0 Å². The van der Waals surface area contributed by atoms with Crippen LogP contribution >= 0.6 is 11.3 Å². The van der Waals surface area contributed by atoms with E-state index in [4.69, 9.17) is 9.40 Å². The molecule has 1 amide bonds. The second-order valence-electron chi connectivity index (χ2n) is 7.72. The van der Waals surface area contributed by atoms with E-state index < -0.39 is 0 Å². The van der Waals surface area contributed by atoms with E-state index in [0.29, 0.717) is 39.5 Å². The zero-order valence-corrected chi connectivity index (χ0v) is 18.0. The van der Waals surface area contributed by atoms with E-state index in [1.165, 1.54) is 11.3 Å². The Kier molecular flexibility index (Phi) is 4.36. The van der Waals surface area contributed by atoms with Crippen LogP contribution in [0.25, 0.3) is 28.3 Å². The van der Waals surface area contributed by atoms with Crippen molar-refractivity contribution in [1.82, 2.24) is 24.7 Å². The molecule has 0 unspecified atom stereocenters. The molecule has 1 N–H and O–H groups in total. The van der Waals surface area contributed by atoms with Crippen molar-refractivity contribution in [3.8, 4) is 17.3 Å². The Labute approximate surface area is 187 Å². The average molecular weight is 443 g/mol. The third-order valence-electron chi connectivity index (χ3n) is 5.44. The summed E-state index contributed by atoms with van der Waals surface area (Å²) >= 11 is 1.36. The summed E-state index contributed by atoms with van der Waals surface area (Å²) in [6.45, 7) is 1.88. The van der Waals surface area contributed by atoms with Crippen LogP contribution in [0.4, 0.5) is 5.13 Å². The van der Waals surface area contributed by atoms with Crippen LogP contribution in [0.15, 0.2) is 58.7 Å². The molecule has 1 fully saturated rings. The molecular weight excluding hydrogens is 424 g/mol. The molecule has 32 heavy (non-hydrogen) atoms. The van der Waals surface area contributed by atoms with E-state index in [2.05, 4.69) is 20.4 Å². The van der Waals surface area contributed by atoms with Crippen LogP contribution in [0.3, 0.4) is 0 Å². The first-order valence-electron chi connectivity index (χ1n) is 10.3. The highest BCUT2D eigenvalue weighted by molar-refractivity contribution is 7.14. The fourth-order valence-corrected chi connectivity index (χ4v) is 4.44. The maximum Gasteiger partial charge on any atom is 0.258 e. The molecule has 0 saturated heterocycles. The van der Waals surface area contributed by atoms with Crippen molar-refractivity contribution in [3.63, 3.8) is 0 Å². The molecule has 0 bridgehead atoms. The van der Waals surface area contributed by atoms with Gasteiger partial charge in [-0.15, -0.1) is 11.3 Å². The van der Waals surface area contributed by atoms with E-state index >= 15 is 0 Å². The monoisotopic (exact) mass is 442 g/mol. The highest BCUT2D eigenvalue weighted by Gasteiger charge is 2.29. The van der Waals surface area contributed by atoms with Crippen LogP contribution in [0.5, 0.6) is 0 Å². The van der Waals surface area contributed by atoms with Crippen LogP contribution in [0, 0.1) is 6.92 Å². The van der Waals surface area contributed by atoms with E-state index in [-0.39, 0.29) is 5.91 Å². The number of thiazole rings is 1. The SMILES string of the molecule is Cc1nn(-c2ccccn2)c2nc(C3CC3)cc(C(=O)Nc3nc(-c4ccco4)cs3)c12. The van der Waals surface area contributed by atoms with E-state index in [1.54, 1.807) is 17.1 Å². The minimum Gasteiger partial charge on any atom is -0.463 e. The molecule has 9 heteroatoms. The summed E-state index contributed by atoms with van der Waals surface area (Å²) < 4.78 is 7.11. The molecule has 8 nitrogen and oxygen atoms in total. The molecule has 0 radical (unpaired) electrons. The Morgan fingerprint density at radius 1 is 1.22 bits per heavy atom. The maximum absolute atomic E-state index is 13.4. The Morgan fingerprint density at radius 2 is 2.12 bits per heavy atom. The van der Waals surface area contributed by atoms with Gasteiger partial charge >= 0.3 is 0 Å². The minimum atomic E-state index is -0.233. The summed E-state index contributed by atoms with van der Waals surface area (Å²) in [6.07, 6.45) is 5.47. The summed E-state index contributed by atoms with van der Waals surface area (Å²) in [5, 5.41) is 10.7. The number of carbonyl (C=O) groups is 1. The number of amides is 1. The van der Waals surface area contributed by atoms with Gasteiger partial charge in [-0.05, 0) is 50.1 Å². The van der Waals surface area contributed by atoms with Crippen LogP contribution in [-0.4, -0.2) is 30.6 Å². The van der Waals surface area contributed by atoms with Crippen molar-refractivity contribution in [1.29, 1.82) is 0 Å². The lowest BCUT2D eigenvalue weighted by Crippen LogP contribution is -2.13. The Hall–Kier alpha value is -3.85. The number of anilines is 1. The number of nitrogens with one attached hydrogen (secondary N) is 1. The quantitative estimate of drug-likeness (QED) is 0.413. The molecule has 1 aliphatic carbocycles. The minimum absolute atomic E-state index is 0.233. The zero-order valence-electron chi connectivity index (χ0n) is 17.1. The number of furan rings is 1. The summed E-state index contributed by atoms with van der Waals surface area (Å²) in [7, 11) is 0. The first-order chi connectivity index (χ1) is 15.7. The predicted octanol–water partition coefficient (Wildman–Crippen LogP) is 4.97. The molecule has 0 atom stereocenters. The maximum atomic E-state index is 13.4. The van der Waals surface area contributed by atoms with Gasteiger partial charge in [0.15, 0.2) is 22.4 Å². The van der Waals surface area contributed by atoms with E-state index in [1.807, 2.05) is 48.7 Å². The van der Waals surface area contributed by atoms with Gasteiger partial charge in [0.05, 0.1) is 22.9 Å². The van der Waals surface area contributed by atoms with Gasteiger partial charge in [-0.1, -0.05) is 6.07 Å². The Morgan fingerprint density at radius 3 is 2.88 bits per heavy atom. The number of rotatable bonds is 5. The number of hydrogen-bond donors (Lipinski definition) is 1. The van der Waals surface area contributed by atoms with Gasteiger partial charge in [-0.25, -0.2) is 15.0 Å². The first-order valence-corrected chi connectivity index (χ1v) is 11.2. The van der Waals surface area contributed by atoms with Crippen LogP contribution in [0.1, 0.15) is 40.5 Å². The van der Waals surface area contributed by atoms with Gasteiger partial charge in [-0.3, -0.25) is 10.1 Å². The first kappa shape index (κ1) is 18.9. The molecule has 0 spiro atoms. The molecule has 1 aliphatic rings. The fraction of sp³-hybridized carbons (Fsp3) is 0.174. The molecule has 5 heterocycles. The number of fused-ring (bicyclic) bond motifs is 1. The predicted molar refractivity (Wildman–Crippen MR) is 121 cm³/mol. The number of aromatic nitrogens is 5. The molecule has 5 aromatic heterocycles. The van der Waals surface area contributed by atoms with Crippen molar-refractivity contribution in [2.45, 2.75) is 25.7 Å². The molecular formula is C23H18N6O2S. The van der Waals surface area contributed by atoms with E-state index in [9.17, 15) is 4.79 Å². The Bertz CT molecular complexity index is 1430. The van der Waals surface area contributed by atoms with Gasteiger partial charge in [0.25, 0.3) is 5.91 Å². The highest BCUT2D eigenvalue weighted by atomic mass is 32.1. The van der Waals surface area contributed by atoms with Crippen molar-refractivity contribution < 1.29 is 9.21 Å². The Balaban J connectivity index is 1.43. The van der Waals surface area contributed by atoms with Gasteiger partial charge in [0, 0.05) is 23.2 Å². The highest BCUT2D eigenvalue weighted by Crippen LogP contribution is 2.41. The standard InChI is InChI=1S/C23H18N6O2S/c1-13-20-15(22(30)27-23-26-17(12-32-23)18-5-4-10-31-18)11-16(14-7-8-14)25-21(20)29(28-13)19-6-2-3-9-24-19/h2-6,9-12,14H,7-8H2,1H3,(H,26,27,30). The molecule has 5 aromatic rings. The molecule has 0 aliphatic heterocycles. The van der Waals surface area contributed by atoms with Gasteiger partial charge in [0.1, 0.15) is 5.69 Å². The summed E-state index contributed by atoms with van der Waals surface area (Å²) in [5.74, 6) is 1.48. The van der Waals surface area contributed by atoms with Crippen LogP contribution in [-0.2, 0) is 0 Å². The average Bonchev–Trinajstić information content (AvgIpc) is 3.19. The van der Waals surface area contributed by atoms with E-state index in [0.717, 1.165) is 29.6 Å². The largest absolute Gasteiger partial charge is 0.463 e. The van der Waals surface area contributed by atoms with Gasteiger partial charge in [0.2, 0.25) is 0 Å². The summed E-state index contributed by atoms with van der Waals surface area (Å²) in [6, 6.07) is 11.2. The number of aryl methyl sites for hydroxylation is 1. The number of carbonyl (C=O) groups excluding carboxylic acids is 1. The normalized spacial score (nSPS) is 13.5. The molecule has 158 valence electrons. The third kappa shape index (κ3) is 3.27. The number of nitrogens with zero attached hydrogens (tertiary/aromatic N) is 5.